The number of pyridine rings is 1. The van der Waals surface area contributed by atoms with Crippen LogP contribution in [0.4, 0.5) is 0 Å². The highest BCUT2D eigenvalue weighted by Crippen LogP contribution is 2.15. The molecular weight excluding hydrogens is 230 g/mol. The minimum atomic E-state index is 0.410. The van der Waals surface area contributed by atoms with Crippen LogP contribution in [0.2, 0.25) is 0 Å². The highest BCUT2D eigenvalue weighted by atomic mass is 16.5. The molecule has 2 aromatic rings. The lowest BCUT2D eigenvalue weighted by Crippen LogP contribution is -2.00. The summed E-state index contributed by atoms with van der Waals surface area (Å²) in [6.45, 7) is 5.21. The summed E-state index contributed by atoms with van der Waals surface area (Å²) >= 11 is 0. The van der Waals surface area contributed by atoms with Gasteiger partial charge in [0.15, 0.2) is 5.75 Å². The Bertz CT molecular complexity index is 523. The minimum absolute atomic E-state index is 0.410. The number of ether oxygens (including phenoxy) is 2. The van der Waals surface area contributed by atoms with Gasteiger partial charge in [0.25, 0.3) is 0 Å². The number of nitrogens with zero attached hydrogens (tertiary/aromatic N) is 3. The van der Waals surface area contributed by atoms with E-state index in [-0.39, 0.29) is 0 Å². The van der Waals surface area contributed by atoms with Crippen LogP contribution in [0.5, 0.6) is 11.5 Å². The van der Waals surface area contributed by atoms with Crippen molar-refractivity contribution in [1.82, 2.24) is 14.8 Å². The molecule has 0 N–H and O–H groups in total. The number of rotatable bonds is 5. The minimum Gasteiger partial charge on any atom is -0.497 e. The van der Waals surface area contributed by atoms with Crippen molar-refractivity contribution in [3.8, 4) is 11.5 Å². The Balaban J connectivity index is 2.03. The summed E-state index contributed by atoms with van der Waals surface area (Å²) in [6, 6.07) is 3.76. The molecule has 5 heteroatoms. The van der Waals surface area contributed by atoms with Gasteiger partial charge in [0.05, 0.1) is 25.2 Å². The van der Waals surface area contributed by atoms with E-state index in [9.17, 15) is 0 Å². The van der Waals surface area contributed by atoms with Crippen LogP contribution in [-0.2, 0) is 13.2 Å². The van der Waals surface area contributed by atoms with Crippen molar-refractivity contribution >= 4 is 0 Å². The highest BCUT2D eigenvalue weighted by molar-refractivity contribution is 5.26. The van der Waals surface area contributed by atoms with Crippen molar-refractivity contribution in [2.75, 3.05) is 7.11 Å². The van der Waals surface area contributed by atoms with Crippen LogP contribution in [0.3, 0.4) is 0 Å². The van der Waals surface area contributed by atoms with E-state index in [2.05, 4.69) is 10.1 Å². The molecule has 0 atom stereocenters. The molecular formula is C13H17N3O2. The van der Waals surface area contributed by atoms with Gasteiger partial charge in [0.1, 0.15) is 12.4 Å². The molecule has 18 heavy (non-hydrogen) atoms. The van der Waals surface area contributed by atoms with E-state index in [1.807, 2.05) is 36.9 Å². The van der Waals surface area contributed by atoms with E-state index >= 15 is 0 Å². The van der Waals surface area contributed by atoms with Gasteiger partial charge in [-0.25, -0.2) is 0 Å². The molecule has 0 spiro atoms. The standard InChI is InChI=1S/C13H17N3O2/c1-4-16-8-13(7-14-16)18-9-11-6-12(17-3)5-10(2)15-11/h5-8H,4,9H2,1-3H3. The lowest BCUT2D eigenvalue weighted by Gasteiger charge is -2.06. The molecule has 0 saturated carbocycles. The van der Waals surface area contributed by atoms with Gasteiger partial charge in [0.2, 0.25) is 0 Å². The fraction of sp³-hybridized carbons (Fsp3) is 0.385. The highest BCUT2D eigenvalue weighted by Gasteiger charge is 2.03. The lowest BCUT2D eigenvalue weighted by atomic mass is 10.3. The van der Waals surface area contributed by atoms with Crippen LogP contribution in [0.15, 0.2) is 24.5 Å². The summed E-state index contributed by atoms with van der Waals surface area (Å²) in [7, 11) is 1.64. The number of aromatic nitrogens is 3. The van der Waals surface area contributed by atoms with Crippen molar-refractivity contribution in [3.63, 3.8) is 0 Å². The third-order valence-electron chi connectivity index (χ3n) is 2.54. The second kappa shape index (κ2) is 5.53. The van der Waals surface area contributed by atoms with Crippen molar-refractivity contribution in [1.29, 1.82) is 0 Å². The van der Waals surface area contributed by atoms with E-state index in [1.165, 1.54) is 0 Å². The first-order valence-corrected chi connectivity index (χ1v) is 5.88. The molecule has 0 aliphatic carbocycles. The van der Waals surface area contributed by atoms with Gasteiger partial charge in [-0.15, -0.1) is 0 Å². The molecule has 0 bridgehead atoms. The molecule has 2 aromatic heterocycles. The van der Waals surface area contributed by atoms with Crippen LogP contribution >= 0.6 is 0 Å². The van der Waals surface area contributed by atoms with Crippen LogP contribution in [0.25, 0.3) is 0 Å². The molecule has 0 aromatic carbocycles. The number of hydrogen-bond donors (Lipinski definition) is 0. The predicted molar refractivity (Wildman–Crippen MR) is 67.8 cm³/mol. The number of hydrogen-bond acceptors (Lipinski definition) is 4. The lowest BCUT2D eigenvalue weighted by molar-refractivity contribution is 0.299. The first kappa shape index (κ1) is 12.4. The van der Waals surface area contributed by atoms with E-state index in [0.29, 0.717) is 6.61 Å². The van der Waals surface area contributed by atoms with Gasteiger partial charge >= 0.3 is 0 Å². The summed E-state index contributed by atoms with van der Waals surface area (Å²) in [6.07, 6.45) is 3.57. The molecule has 5 nitrogen and oxygen atoms in total. The Hall–Kier alpha value is -2.04. The maximum Gasteiger partial charge on any atom is 0.157 e. The van der Waals surface area contributed by atoms with Gasteiger partial charge in [-0.2, -0.15) is 5.10 Å². The van der Waals surface area contributed by atoms with Crippen LogP contribution in [0, 0.1) is 6.92 Å². The van der Waals surface area contributed by atoms with Gasteiger partial charge in [-0.3, -0.25) is 9.67 Å². The predicted octanol–water partition coefficient (Wildman–Crippen LogP) is 2.19. The normalized spacial score (nSPS) is 10.4. The van der Waals surface area contributed by atoms with Crippen molar-refractivity contribution in [3.05, 3.63) is 35.9 Å². The second-order valence-corrected chi connectivity index (χ2v) is 3.96. The Kier molecular flexibility index (Phi) is 3.82. The number of aryl methyl sites for hydroxylation is 2. The zero-order valence-electron chi connectivity index (χ0n) is 10.9. The Morgan fingerprint density at radius 3 is 2.78 bits per heavy atom. The molecule has 0 aliphatic rings. The Labute approximate surface area is 106 Å². The van der Waals surface area contributed by atoms with Gasteiger partial charge in [-0.1, -0.05) is 0 Å². The molecule has 0 fully saturated rings. The van der Waals surface area contributed by atoms with Crippen molar-refractivity contribution in [2.24, 2.45) is 0 Å². The van der Waals surface area contributed by atoms with Gasteiger partial charge < -0.3 is 9.47 Å². The fourth-order valence-electron chi connectivity index (χ4n) is 1.64. The van der Waals surface area contributed by atoms with Crippen molar-refractivity contribution < 1.29 is 9.47 Å². The van der Waals surface area contributed by atoms with Crippen molar-refractivity contribution in [2.45, 2.75) is 27.0 Å². The smallest absolute Gasteiger partial charge is 0.157 e. The zero-order chi connectivity index (χ0) is 13.0. The largest absolute Gasteiger partial charge is 0.497 e. The third-order valence-corrected chi connectivity index (χ3v) is 2.54. The summed E-state index contributed by atoms with van der Waals surface area (Å²) in [5.41, 5.74) is 1.76. The molecule has 0 unspecified atom stereocenters. The van der Waals surface area contributed by atoms with Gasteiger partial charge in [0, 0.05) is 24.4 Å². The van der Waals surface area contributed by atoms with E-state index < -0.39 is 0 Å². The summed E-state index contributed by atoms with van der Waals surface area (Å²) in [4.78, 5) is 4.39. The maximum atomic E-state index is 5.63. The first-order chi connectivity index (χ1) is 8.71. The summed E-state index contributed by atoms with van der Waals surface area (Å²) in [5, 5.41) is 4.14. The third kappa shape index (κ3) is 3.00. The Morgan fingerprint density at radius 2 is 2.11 bits per heavy atom. The fourth-order valence-corrected chi connectivity index (χ4v) is 1.64. The maximum absolute atomic E-state index is 5.63. The molecule has 2 heterocycles. The molecule has 0 radical (unpaired) electrons. The van der Waals surface area contributed by atoms with E-state index in [0.717, 1.165) is 29.4 Å². The van der Waals surface area contributed by atoms with Gasteiger partial charge in [-0.05, 0) is 13.8 Å². The summed E-state index contributed by atoms with van der Waals surface area (Å²) in [5.74, 6) is 1.55. The molecule has 0 saturated heterocycles. The monoisotopic (exact) mass is 247 g/mol. The molecule has 0 amide bonds. The quantitative estimate of drug-likeness (QED) is 0.812. The van der Waals surface area contributed by atoms with Crippen LogP contribution in [-0.4, -0.2) is 21.9 Å². The SMILES string of the molecule is CCn1cc(OCc2cc(OC)cc(C)n2)cn1. The summed E-state index contributed by atoms with van der Waals surface area (Å²) < 4.78 is 12.6. The zero-order valence-corrected chi connectivity index (χ0v) is 10.9. The van der Waals surface area contributed by atoms with Crippen LogP contribution < -0.4 is 9.47 Å². The van der Waals surface area contributed by atoms with E-state index in [4.69, 9.17) is 9.47 Å². The first-order valence-electron chi connectivity index (χ1n) is 5.88. The average Bonchev–Trinajstić information content (AvgIpc) is 2.83. The molecule has 2 rings (SSSR count). The molecule has 0 aliphatic heterocycles. The average molecular weight is 247 g/mol. The molecule has 96 valence electrons. The van der Waals surface area contributed by atoms with Crippen LogP contribution in [0.1, 0.15) is 18.3 Å². The second-order valence-electron chi connectivity index (χ2n) is 3.96. The van der Waals surface area contributed by atoms with E-state index in [1.54, 1.807) is 13.3 Å². The topological polar surface area (TPSA) is 49.2 Å². The number of methoxy groups -OCH3 is 1. The Morgan fingerprint density at radius 1 is 1.28 bits per heavy atom.